The van der Waals surface area contributed by atoms with E-state index >= 15 is 0 Å². The summed E-state index contributed by atoms with van der Waals surface area (Å²) in [4.78, 5) is 26.2. The molecule has 28 heavy (non-hydrogen) atoms. The fourth-order valence-corrected chi connectivity index (χ4v) is 3.51. The first-order valence-electron chi connectivity index (χ1n) is 8.45. The lowest BCUT2D eigenvalue weighted by Gasteiger charge is -2.11. The molecule has 0 spiro atoms. The zero-order valence-electron chi connectivity index (χ0n) is 15.2. The van der Waals surface area contributed by atoms with Gasteiger partial charge in [-0.25, -0.2) is 12.8 Å². The summed E-state index contributed by atoms with van der Waals surface area (Å²) in [5, 5.41) is 9.64. The lowest BCUT2D eigenvalue weighted by Crippen LogP contribution is -2.27. The maximum Gasteiger partial charge on any atom is 0.289 e. The lowest BCUT2D eigenvalue weighted by atomic mass is 10.0. The number of amides is 1. The van der Waals surface area contributed by atoms with E-state index in [1.165, 1.54) is 35.2 Å². The molecule has 0 radical (unpaired) electrons. The molecule has 7 nitrogen and oxygen atoms in total. The molecule has 148 valence electrons. The van der Waals surface area contributed by atoms with Gasteiger partial charge in [-0.3, -0.25) is 9.59 Å². The van der Waals surface area contributed by atoms with Crippen LogP contribution in [0.2, 0.25) is 0 Å². The number of rotatable bonds is 6. The molecule has 2 heterocycles. The monoisotopic (exact) mass is 407 g/mol. The normalized spacial score (nSPS) is 14.8. The Balaban J connectivity index is 2.04. The van der Waals surface area contributed by atoms with Crippen LogP contribution in [0, 0.1) is 5.82 Å². The summed E-state index contributed by atoms with van der Waals surface area (Å²) in [6.07, 6.45) is 1.05. The Morgan fingerprint density at radius 3 is 2.46 bits per heavy atom. The number of nitrogens with zero attached hydrogens (tertiary/aromatic N) is 1. The van der Waals surface area contributed by atoms with Crippen molar-refractivity contribution in [2.75, 3.05) is 19.3 Å². The molecule has 9 heteroatoms. The molecule has 1 aliphatic heterocycles. The summed E-state index contributed by atoms with van der Waals surface area (Å²) in [7, 11) is -3.74. The summed E-state index contributed by atoms with van der Waals surface area (Å²) in [5.41, 5.74) is 0.744. The Kier molecular flexibility index (Phi) is 5.12. The van der Waals surface area contributed by atoms with Crippen molar-refractivity contribution in [2.24, 2.45) is 0 Å². The van der Waals surface area contributed by atoms with Gasteiger partial charge >= 0.3 is 0 Å². The van der Waals surface area contributed by atoms with Gasteiger partial charge < -0.3 is 14.4 Å². The molecular weight excluding hydrogens is 389 g/mol. The molecule has 3 rings (SSSR count). The molecule has 2 aromatic rings. The van der Waals surface area contributed by atoms with E-state index in [2.05, 4.69) is 0 Å². The average Bonchev–Trinajstić information content (AvgIpc) is 3.19. The highest BCUT2D eigenvalue weighted by Crippen LogP contribution is 2.28. The fourth-order valence-electron chi connectivity index (χ4n) is 2.92. The van der Waals surface area contributed by atoms with Crippen molar-refractivity contribution >= 4 is 21.5 Å². The minimum Gasteiger partial charge on any atom is -0.503 e. The second-order valence-electron chi connectivity index (χ2n) is 6.47. The third-order valence-electron chi connectivity index (χ3n) is 4.45. The third kappa shape index (κ3) is 3.70. The van der Waals surface area contributed by atoms with Crippen LogP contribution in [0.1, 0.15) is 28.6 Å². The predicted octanol–water partition coefficient (Wildman–Crippen LogP) is 2.27. The SMILES string of the molecule is CCN1CC(C(=O)c2oc(S(C)(=O)=O)cc2Cc2ccc(F)cc2)=C(O)C1=O. The van der Waals surface area contributed by atoms with Gasteiger partial charge in [0, 0.05) is 30.9 Å². The van der Waals surface area contributed by atoms with E-state index in [0.29, 0.717) is 12.1 Å². The number of likely N-dealkylation sites (N-methyl/N-ethyl adjacent to an activating group) is 1. The van der Waals surface area contributed by atoms with Crippen LogP contribution in [0.25, 0.3) is 0 Å². The van der Waals surface area contributed by atoms with E-state index in [9.17, 15) is 27.5 Å². The van der Waals surface area contributed by atoms with Crippen molar-refractivity contribution in [3.05, 3.63) is 64.4 Å². The molecule has 0 bridgehead atoms. The van der Waals surface area contributed by atoms with Gasteiger partial charge in [0.05, 0.1) is 12.1 Å². The number of halogens is 1. The third-order valence-corrected chi connectivity index (χ3v) is 5.38. The molecule has 1 aromatic carbocycles. The Morgan fingerprint density at radius 2 is 1.93 bits per heavy atom. The second kappa shape index (κ2) is 7.23. The van der Waals surface area contributed by atoms with Crippen molar-refractivity contribution in [3.63, 3.8) is 0 Å². The molecule has 1 N–H and O–H groups in total. The molecule has 0 saturated carbocycles. The van der Waals surface area contributed by atoms with Gasteiger partial charge in [-0.2, -0.15) is 0 Å². The lowest BCUT2D eigenvalue weighted by molar-refractivity contribution is -0.127. The number of aliphatic hydroxyl groups is 1. The smallest absolute Gasteiger partial charge is 0.289 e. The largest absolute Gasteiger partial charge is 0.503 e. The van der Waals surface area contributed by atoms with Gasteiger partial charge in [-0.15, -0.1) is 0 Å². The maximum atomic E-state index is 13.1. The van der Waals surface area contributed by atoms with Crippen LogP contribution in [0.5, 0.6) is 0 Å². The number of Topliss-reactive ketones (excluding diaryl/α,β-unsaturated/α-hetero) is 1. The second-order valence-corrected chi connectivity index (χ2v) is 8.42. The summed E-state index contributed by atoms with van der Waals surface area (Å²) < 4.78 is 42.2. The molecule has 0 unspecified atom stereocenters. The van der Waals surface area contributed by atoms with Crippen LogP contribution in [0.15, 0.2) is 51.2 Å². The fraction of sp³-hybridized carbons (Fsp3) is 0.263. The highest BCUT2D eigenvalue weighted by molar-refractivity contribution is 7.90. The number of ketones is 1. The topological polar surface area (TPSA) is 105 Å². The highest BCUT2D eigenvalue weighted by atomic mass is 32.2. The number of benzene rings is 1. The number of sulfone groups is 1. The summed E-state index contributed by atoms with van der Waals surface area (Å²) in [6, 6.07) is 6.74. The number of hydrogen-bond donors (Lipinski definition) is 1. The van der Waals surface area contributed by atoms with Crippen LogP contribution >= 0.6 is 0 Å². The Morgan fingerprint density at radius 1 is 1.29 bits per heavy atom. The highest BCUT2D eigenvalue weighted by Gasteiger charge is 2.36. The Bertz CT molecular complexity index is 1080. The van der Waals surface area contributed by atoms with Crippen LogP contribution < -0.4 is 0 Å². The van der Waals surface area contributed by atoms with Gasteiger partial charge in [-0.1, -0.05) is 12.1 Å². The van der Waals surface area contributed by atoms with Crippen LogP contribution in [0.3, 0.4) is 0 Å². The predicted molar refractivity (Wildman–Crippen MR) is 97.3 cm³/mol. The molecule has 0 fully saturated rings. The van der Waals surface area contributed by atoms with E-state index in [-0.39, 0.29) is 29.9 Å². The van der Waals surface area contributed by atoms with Crippen molar-refractivity contribution < 1.29 is 31.9 Å². The first-order valence-corrected chi connectivity index (χ1v) is 10.3. The van der Waals surface area contributed by atoms with E-state index in [0.717, 1.165) is 6.26 Å². The molecule has 0 saturated heterocycles. The van der Waals surface area contributed by atoms with Gasteiger partial charge in [0.2, 0.25) is 20.7 Å². The molecule has 0 atom stereocenters. The molecule has 1 amide bonds. The summed E-state index contributed by atoms with van der Waals surface area (Å²) in [6.45, 7) is 1.91. The van der Waals surface area contributed by atoms with Crippen molar-refractivity contribution in [1.29, 1.82) is 0 Å². The number of aliphatic hydroxyl groups excluding tert-OH is 1. The van der Waals surface area contributed by atoms with Gasteiger partial charge in [0.1, 0.15) is 5.82 Å². The zero-order chi connectivity index (χ0) is 20.6. The van der Waals surface area contributed by atoms with E-state index in [1.54, 1.807) is 6.92 Å². The number of carbonyl (C=O) groups is 2. The number of hydrogen-bond acceptors (Lipinski definition) is 6. The van der Waals surface area contributed by atoms with Crippen LogP contribution in [-0.2, 0) is 21.1 Å². The summed E-state index contributed by atoms with van der Waals surface area (Å²) in [5.74, 6) is -2.79. The standard InChI is InChI=1S/C19H18FNO6S/c1-3-21-10-14(17(23)19(21)24)16(22)18-12(9-15(27-18)28(2,25)26)8-11-4-6-13(20)7-5-11/h4-7,9,23H,3,8,10H2,1-2H3. The minimum atomic E-state index is -3.74. The van der Waals surface area contributed by atoms with Gasteiger partial charge in [0.15, 0.2) is 11.5 Å². The van der Waals surface area contributed by atoms with E-state index in [4.69, 9.17) is 4.42 Å². The first kappa shape index (κ1) is 19.8. The van der Waals surface area contributed by atoms with Crippen molar-refractivity contribution in [3.8, 4) is 0 Å². The molecule has 1 aromatic heterocycles. The van der Waals surface area contributed by atoms with Gasteiger partial charge in [0.25, 0.3) is 5.91 Å². The first-order chi connectivity index (χ1) is 13.1. The Labute approximate surface area is 161 Å². The molecule has 1 aliphatic rings. The molecule has 0 aliphatic carbocycles. The number of furan rings is 1. The van der Waals surface area contributed by atoms with Gasteiger partial charge in [-0.05, 0) is 24.6 Å². The minimum absolute atomic E-state index is 0.0924. The zero-order valence-corrected chi connectivity index (χ0v) is 16.0. The van der Waals surface area contributed by atoms with E-state index < -0.39 is 38.2 Å². The Hall–Kier alpha value is -2.94. The van der Waals surface area contributed by atoms with Crippen molar-refractivity contribution in [1.82, 2.24) is 4.90 Å². The quantitative estimate of drug-likeness (QED) is 0.737. The molecular formula is C19H18FNO6S. The van der Waals surface area contributed by atoms with Crippen LogP contribution in [-0.4, -0.2) is 49.5 Å². The number of carbonyl (C=O) groups excluding carboxylic acids is 2. The summed E-state index contributed by atoms with van der Waals surface area (Å²) >= 11 is 0. The van der Waals surface area contributed by atoms with Crippen molar-refractivity contribution in [2.45, 2.75) is 18.4 Å². The van der Waals surface area contributed by atoms with E-state index in [1.807, 2.05) is 0 Å². The van der Waals surface area contributed by atoms with Crippen LogP contribution in [0.4, 0.5) is 4.39 Å². The average molecular weight is 407 g/mol. The maximum absolute atomic E-state index is 13.1.